The van der Waals surface area contributed by atoms with Crippen LogP contribution in [0.2, 0.25) is 0 Å². The summed E-state index contributed by atoms with van der Waals surface area (Å²) in [6.07, 6.45) is 6.26. The van der Waals surface area contributed by atoms with E-state index in [1.54, 1.807) is 0 Å². The Hall–Kier alpha value is -5.16. The quantitative estimate of drug-likeness (QED) is 0.159. The third kappa shape index (κ3) is 6.25. The fourth-order valence-corrected chi connectivity index (χ4v) is 6.79. The first kappa shape index (κ1) is 31.4. The average molecular weight is 633 g/mol. The molecule has 0 aliphatic rings. The molecule has 3 heterocycles. The fraction of sp³-hybridized carbons (Fsp3) is 0.256. The highest BCUT2D eigenvalue weighted by Gasteiger charge is 2.18. The molecule has 0 fully saturated rings. The molecular formula is C43H44N4O. The van der Waals surface area contributed by atoms with Gasteiger partial charge in [-0.25, -0.2) is 9.67 Å². The van der Waals surface area contributed by atoms with Gasteiger partial charge in [0.15, 0.2) is 0 Å². The van der Waals surface area contributed by atoms with Crippen molar-refractivity contribution >= 4 is 21.8 Å². The summed E-state index contributed by atoms with van der Waals surface area (Å²) in [6, 6.07) is 36.3. The first-order chi connectivity index (χ1) is 23.2. The van der Waals surface area contributed by atoms with Crippen LogP contribution >= 0.6 is 0 Å². The van der Waals surface area contributed by atoms with E-state index in [2.05, 4.69) is 131 Å². The summed E-state index contributed by atoms with van der Waals surface area (Å²) in [5, 5.41) is 7.36. The lowest BCUT2D eigenvalue weighted by molar-refractivity contribution is 0.378. The van der Waals surface area contributed by atoms with Gasteiger partial charge in [0.25, 0.3) is 0 Å². The molecule has 0 spiro atoms. The van der Waals surface area contributed by atoms with E-state index in [-0.39, 0.29) is 5.41 Å². The minimum Gasteiger partial charge on any atom is -0.457 e. The first-order valence-electron chi connectivity index (χ1n) is 17.1. The summed E-state index contributed by atoms with van der Waals surface area (Å²) in [6.45, 7) is 13.3. The van der Waals surface area contributed by atoms with Crippen molar-refractivity contribution in [2.75, 3.05) is 0 Å². The van der Waals surface area contributed by atoms with Crippen LogP contribution in [0.25, 0.3) is 44.4 Å². The highest BCUT2D eigenvalue weighted by molar-refractivity contribution is 6.09. The second-order valence-electron chi connectivity index (χ2n) is 14.1. The normalized spacial score (nSPS) is 11.9. The Morgan fingerprint density at radius 2 is 1.50 bits per heavy atom. The second kappa shape index (κ2) is 12.8. The van der Waals surface area contributed by atoms with E-state index in [4.69, 9.17) is 14.8 Å². The molecule has 0 amide bonds. The van der Waals surface area contributed by atoms with E-state index in [9.17, 15) is 0 Å². The highest BCUT2D eigenvalue weighted by Crippen LogP contribution is 2.37. The molecule has 0 N–H and O–H groups in total. The van der Waals surface area contributed by atoms with Crippen LogP contribution in [0.15, 0.2) is 109 Å². The van der Waals surface area contributed by atoms with Gasteiger partial charge in [-0.1, -0.05) is 76.6 Å². The smallest absolute Gasteiger partial charge is 0.137 e. The molecule has 242 valence electrons. The lowest BCUT2D eigenvalue weighted by atomic mass is 9.89. The molecule has 5 heteroatoms. The molecule has 0 aliphatic heterocycles. The summed E-state index contributed by atoms with van der Waals surface area (Å²) in [5.74, 6) is 2.47. The van der Waals surface area contributed by atoms with Gasteiger partial charge in [0.1, 0.15) is 17.3 Å². The molecule has 0 saturated heterocycles. The summed E-state index contributed by atoms with van der Waals surface area (Å²) in [5.41, 5.74) is 10.6. The standard InChI is InChI=1S/C43H44N4O/c1-7-12-31-17-20-39-38(25-31)37-19-18-36(28-40(37)46(39)41-26-32(22-24-44-41)21-23-43(4,5)6)48-35-16-11-15-34(27-35)47-30(3)42(29(2)45-47)33-13-9-8-10-14-33/h8-11,13-20,22,24-28H,7,12,21,23H2,1-6H3. The lowest BCUT2D eigenvalue weighted by Gasteiger charge is -2.18. The summed E-state index contributed by atoms with van der Waals surface area (Å²) in [4.78, 5) is 4.90. The molecular weight excluding hydrogens is 589 g/mol. The first-order valence-corrected chi connectivity index (χ1v) is 17.1. The second-order valence-corrected chi connectivity index (χ2v) is 14.1. The summed E-state index contributed by atoms with van der Waals surface area (Å²) >= 11 is 0. The Morgan fingerprint density at radius 3 is 2.29 bits per heavy atom. The Kier molecular flexibility index (Phi) is 8.38. The van der Waals surface area contributed by atoms with Crippen molar-refractivity contribution in [2.45, 2.75) is 67.2 Å². The number of aromatic nitrogens is 4. The molecule has 0 unspecified atom stereocenters. The fourth-order valence-electron chi connectivity index (χ4n) is 6.79. The van der Waals surface area contributed by atoms with Gasteiger partial charge >= 0.3 is 0 Å². The number of rotatable bonds is 9. The van der Waals surface area contributed by atoms with Crippen molar-refractivity contribution in [3.05, 3.63) is 132 Å². The van der Waals surface area contributed by atoms with Crippen molar-refractivity contribution in [1.82, 2.24) is 19.3 Å². The molecule has 0 radical (unpaired) electrons. The predicted molar refractivity (Wildman–Crippen MR) is 199 cm³/mol. The molecule has 7 aromatic rings. The Morgan fingerprint density at radius 1 is 0.708 bits per heavy atom. The number of benzene rings is 4. The van der Waals surface area contributed by atoms with Gasteiger partial charge in [-0.2, -0.15) is 5.10 Å². The van der Waals surface area contributed by atoms with Crippen molar-refractivity contribution in [1.29, 1.82) is 0 Å². The molecule has 0 saturated carbocycles. The van der Waals surface area contributed by atoms with Crippen molar-refractivity contribution < 1.29 is 4.74 Å². The lowest BCUT2D eigenvalue weighted by Crippen LogP contribution is -2.07. The van der Waals surface area contributed by atoms with Gasteiger partial charge in [0.2, 0.25) is 0 Å². The molecule has 0 atom stereocenters. The SMILES string of the molecule is CCCc1ccc2c(c1)c1ccc(Oc3cccc(-n4nc(C)c(-c5ccccc5)c4C)c3)cc1n2-c1cc(CCC(C)(C)C)ccn1. The van der Waals surface area contributed by atoms with Crippen LogP contribution in [-0.2, 0) is 12.8 Å². The van der Waals surface area contributed by atoms with Gasteiger partial charge in [-0.05, 0) is 104 Å². The zero-order chi connectivity index (χ0) is 33.4. The Labute approximate surface area is 283 Å². The van der Waals surface area contributed by atoms with E-state index in [0.717, 1.165) is 71.1 Å². The van der Waals surface area contributed by atoms with E-state index in [1.807, 2.05) is 29.1 Å². The maximum Gasteiger partial charge on any atom is 0.137 e. The molecule has 48 heavy (non-hydrogen) atoms. The summed E-state index contributed by atoms with van der Waals surface area (Å²) in [7, 11) is 0. The van der Waals surface area contributed by atoms with Crippen LogP contribution in [-0.4, -0.2) is 19.3 Å². The topological polar surface area (TPSA) is 44.9 Å². The Bertz CT molecular complexity index is 2230. The maximum atomic E-state index is 6.58. The minimum absolute atomic E-state index is 0.272. The van der Waals surface area contributed by atoms with E-state index in [1.165, 1.54) is 33.0 Å². The largest absolute Gasteiger partial charge is 0.457 e. The molecule has 3 aromatic heterocycles. The van der Waals surface area contributed by atoms with Crippen molar-refractivity contribution in [2.24, 2.45) is 5.41 Å². The van der Waals surface area contributed by atoms with Crippen LogP contribution in [0.4, 0.5) is 0 Å². The number of hydrogen-bond acceptors (Lipinski definition) is 3. The van der Waals surface area contributed by atoms with Gasteiger partial charge in [-0.15, -0.1) is 0 Å². The van der Waals surface area contributed by atoms with E-state index >= 15 is 0 Å². The van der Waals surface area contributed by atoms with Gasteiger partial charge in [0, 0.05) is 40.4 Å². The van der Waals surface area contributed by atoms with Crippen LogP contribution in [0, 0.1) is 19.3 Å². The number of fused-ring (bicyclic) bond motifs is 3. The van der Waals surface area contributed by atoms with Crippen LogP contribution < -0.4 is 4.74 Å². The third-order valence-corrected chi connectivity index (χ3v) is 9.20. The average Bonchev–Trinajstić information content (AvgIpc) is 3.56. The van der Waals surface area contributed by atoms with Gasteiger partial charge in [0.05, 0.1) is 22.4 Å². The zero-order valence-electron chi connectivity index (χ0n) is 28.9. The molecule has 0 bridgehead atoms. The zero-order valence-corrected chi connectivity index (χ0v) is 28.9. The molecule has 4 aromatic carbocycles. The van der Waals surface area contributed by atoms with Gasteiger partial charge in [-0.3, -0.25) is 4.57 Å². The van der Waals surface area contributed by atoms with Crippen LogP contribution in [0.1, 0.15) is 63.1 Å². The number of hydrogen-bond donors (Lipinski definition) is 0. The third-order valence-electron chi connectivity index (χ3n) is 9.20. The van der Waals surface area contributed by atoms with Crippen molar-refractivity contribution in [3.8, 4) is 34.1 Å². The monoisotopic (exact) mass is 632 g/mol. The van der Waals surface area contributed by atoms with Crippen LogP contribution in [0.5, 0.6) is 11.5 Å². The van der Waals surface area contributed by atoms with Crippen molar-refractivity contribution in [3.63, 3.8) is 0 Å². The van der Waals surface area contributed by atoms with E-state index < -0.39 is 0 Å². The highest BCUT2D eigenvalue weighted by atomic mass is 16.5. The van der Waals surface area contributed by atoms with E-state index in [0.29, 0.717) is 0 Å². The number of aryl methyl sites for hydroxylation is 3. The number of nitrogens with zero attached hydrogens (tertiary/aromatic N) is 4. The Balaban J connectivity index is 1.28. The predicted octanol–water partition coefficient (Wildman–Crippen LogP) is 11.4. The number of pyridine rings is 1. The molecule has 7 rings (SSSR count). The molecule has 0 aliphatic carbocycles. The van der Waals surface area contributed by atoms with Gasteiger partial charge < -0.3 is 4.74 Å². The number of ether oxygens (including phenoxy) is 1. The minimum atomic E-state index is 0.272. The maximum absolute atomic E-state index is 6.58. The summed E-state index contributed by atoms with van der Waals surface area (Å²) < 4.78 is 10.9. The molecule has 5 nitrogen and oxygen atoms in total. The van der Waals surface area contributed by atoms with Crippen LogP contribution in [0.3, 0.4) is 0 Å².